The van der Waals surface area contributed by atoms with Crippen LogP contribution in [0.2, 0.25) is 0 Å². The highest BCUT2D eigenvalue weighted by Gasteiger charge is 2.23. The van der Waals surface area contributed by atoms with Crippen molar-refractivity contribution in [3.05, 3.63) is 0 Å². The van der Waals surface area contributed by atoms with Crippen molar-refractivity contribution in [3.63, 3.8) is 0 Å². The molecule has 0 radical (unpaired) electrons. The second-order valence-electron chi connectivity index (χ2n) is 3.39. The maximum Gasteiger partial charge on any atom is 0.0699 e. The van der Waals surface area contributed by atoms with E-state index in [0.717, 1.165) is 19.1 Å². The maximum absolute atomic E-state index is 5.62. The van der Waals surface area contributed by atoms with Gasteiger partial charge in [0.15, 0.2) is 0 Å². The average molecular weight is 141 g/mol. The lowest BCUT2D eigenvalue weighted by Gasteiger charge is -2.32. The van der Waals surface area contributed by atoms with Crippen LogP contribution in [0.5, 0.6) is 0 Å². The fraction of sp³-hybridized carbons (Fsp3) is 1.00. The number of nitrogens with one attached hydrogen (secondary N) is 1. The van der Waals surface area contributed by atoms with Crippen LogP contribution >= 0.6 is 0 Å². The van der Waals surface area contributed by atoms with Crippen molar-refractivity contribution in [1.29, 1.82) is 0 Å². The molecule has 0 saturated carbocycles. The third kappa shape index (κ3) is 1.32. The normalized spacial score (nSPS) is 40.8. The summed E-state index contributed by atoms with van der Waals surface area (Å²) in [5.74, 6) is 0.851. The largest absolute Gasteiger partial charge is 0.377 e. The molecule has 58 valence electrons. The topological polar surface area (TPSA) is 21.3 Å². The van der Waals surface area contributed by atoms with Gasteiger partial charge in [-0.05, 0) is 31.7 Å². The van der Waals surface area contributed by atoms with E-state index in [-0.39, 0.29) is 0 Å². The van der Waals surface area contributed by atoms with Gasteiger partial charge in [0.2, 0.25) is 0 Å². The van der Waals surface area contributed by atoms with Gasteiger partial charge in [0, 0.05) is 13.2 Å². The molecule has 3 fully saturated rings. The zero-order valence-electron chi connectivity index (χ0n) is 6.31. The summed E-state index contributed by atoms with van der Waals surface area (Å²) in [5.41, 5.74) is 0. The molecule has 2 bridgehead atoms. The Hall–Kier alpha value is -0.0800. The highest BCUT2D eigenvalue weighted by atomic mass is 16.5. The van der Waals surface area contributed by atoms with E-state index in [1.54, 1.807) is 0 Å². The molecule has 2 unspecified atom stereocenters. The lowest BCUT2D eigenvalue weighted by atomic mass is 9.94. The van der Waals surface area contributed by atoms with Crippen molar-refractivity contribution in [2.24, 2.45) is 5.92 Å². The summed E-state index contributed by atoms with van der Waals surface area (Å²) in [6, 6.07) is 0. The molecule has 0 aromatic rings. The molecule has 0 aliphatic carbocycles. The van der Waals surface area contributed by atoms with Crippen LogP contribution in [0.4, 0.5) is 0 Å². The summed E-state index contributed by atoms with van der Waals surface area (Å²) < 4.78 is 5.62. The van der Waals surface area contributed by atoms with E-state index in [0.29, 0.717) is 6.10 Å². The van der Waals surface area contributed by atoms with E-state index < -0.39 is 0 Å². The van der Waals surface area contributed by atoms with Crippen LogP contribution < -0.4 is 5.32 Å². The monoisotopic (exact) mass is 141 g/mol. The first kappa shape index (κ1) is 6.62. The van der Waals surface area contributed by atoms with Gasteiger partial charge >= 0.3 is 0 Å². The Morgan fingerprint density at radius 2 is 2.20 bits per heavy atom. The minimum Gasteiger partial charge on any atom is -0.377 e. The van der Waals surface area contributed by atoms with Gasteiger partial charge in [-0.15, -0.1) is 0 Å². The SMILES string of the molecule is C1CC2CCC(CN1)OC2. The number of rotatable bonds is 0. The van der Waals surface area contributed by atoms with E-state index in [1.807, 2.05) is 0 Å². The molecular formula is C8H15NO. The molecule has 3 rings (SSSR count). The first-order chi connectivity index (χ1) is 4.95. The molecular weight excluding hydrogens is 126 g/mol. The van der Waals surface area contributed by atoms with Crippen molar-refractivity contribution < 1.29 is 4.74 Å². The Balaban J connectivity index is 1.94. The highest BCUT2D eigenvalue weighted by molar-refractivity contribution is 4.75. The number of ether oxygens (including phenoxy) is 1. The molecule has 10 heavy (non-hydrogen) atoms. The Morgan fingerprint density at radius 3 is 3.00 bits per heavy atom. The predicted molar refractivity (Wildman–Crippen MR) is 40.0 cm³/mol. The minimum absolute atomic E-state index is 0.525. The summed E-state index contributed by atoms with van der Waals surface area (Å²) >= 11 is 0. The second kappa shape index (κ2) is 2.89. The van der Waals surface area contributed by atoms with Gasteiger partial charge in [-0.2, -0.15) is 0 Å². The van der Waals surface area contributed by atoms with Gasteiger partial charge in [0.1, 0.15) is 0 Å². The van der Waals surface area contributed by atoms with E-state index in [1.165, 1.54) is 25.8 Å². The molecule has 0 aromatic carbocycles. The van der Waals surface area contributed by atoms with Crippen LogP contribution in [-0.2, 0) is 4.74 Å². The fourth-order valence-corrected chi connectivity index (χ4v) is 1.82. The van der Waals surface area contributed by atoms with E-state index in [4.69, 9.17) is 4.74 Å². The maximum atomic E-state index is 5.62. The Labute approximate surface area is 61.9 Å². The molecule has 2 heteroatoms. The Morgan fingerprint density at radius 1 is 1.20 bits per heavy atom. The van der Waals surface area contributed by atoms with Gasteiger partial charge in [-0.1, -0.05) is 0 Å². The van der Waals surface area contributed by atoms with Crippen LogP contribution in [0.15, 0.2) is 0 Å². The standard InChI is InChI=1S/C8H15NO/c1-2-8-5-9-4-3-7(1)6-10-8/h7-9H,1-6H2. The predicted octanol–water partition coefficient (Wildman–Crippen LogP) is 0.775. The highest BCUT2D eigenvalue weighted by Crippen LogP contribution is 2.22. The summed E-state index contributed by atoms with van der Waals surface area (Å²) in [6.07, 6.45) is 4.51. The summed E-state index contributed by atoms with van der Waals surface area (Å²) in [5, 5.41) is 3.39. The first-order valence-electron chi connectivity index (χ1n) is 4.27. The fourth-order valence-electron chi connectivity index (χ4n) is 1.82. The second-order valence-corrected chi connectivity index (χ2v) is 3.39. The van der Waals surface area contributed by atoms with Crippen molar-refractivity contribution in [2.45, 2.75) is 25.4 Å². The van der Waals surface area contributed by atoms with Gasteiger partial charge < -0.3 is 10.1 Å². The van der Waals surface area contributed by atoms with Gasteiger partial charge in [0.05, 0.1) is 6.10 Å². The molecule has 3 saturated heterocycles. The molecule has 0 aromatic heterocycles. The Kier molecular flexibility index (Phi) is 1.91. The van der Waals surface area contributed by atoms with Gasteiger partial charge in [-0.3, -0.25) is 0 Å². The smallest absolute Gasteiger partial charge is 0.0699 e. The molecule has 2 nitrogen and oxygen atoms in total. The summed E-state index contributed by atoms with van der Waals surface area (Å²) in [4.78, 5) is 0. The summed E-state index contributed by atoms with van der Waals surface area (Å²) in [6.45, 7) is 3.30. The third-order valence-electron chi connectivity index (χ3n) is 2.57. The molecule has 2 atom stereocenters. The number of fused-ring (bicyclic) bond motifs is 5. The van der Waals surface area contributed by atoms with E-state index >= 15 is 0 Å². The average Bonchev–Trinajstić information content (AvgIpc) is 1.89. The number of hydrogen-bond acceptors (Lipinski definition) is 2. The summed E-state index contributed by atoms with van der Waals surface area (Å²) in [7, 11) is 0. The molecule has 3 heterocycles. The van der Waals surface area contributed by atoms with Crippen LogP contribution in [0.3, 0.4) is 0 Å². The molecule has 1 N–H and O–H groups in total. The zero-order chi connectivity index (χ0) is 6.81. The lowest BCUT2D eigenvalue weighted by Crippen LogP contribution is -2.39. The van der Waals surface area contributed by atoms with E-state index in [9.17, 15) is 0 Å². The number of hydrogen-bond donors (Lipinski definition) is 1. The quantitative estimate of drug-likeness (QED) is 0.538. The van der Waals surface area contributed by atoms with Crippen molar-refractivity contribution in [2.75, 3.05) is 19.7 Å². The van der Waals surface area contributed by atoms with Crippen LogP contribution in [0.1, 0.15) is 19.3 Å². The van der Waals surface area contributed by atoms with Crippen molar-refractivity contribution in [3.8, 4) is 0 Å². The van der Waals surface area contributed by atoms with Crippen LogP contribution in [0.25, 0.3) is 0 Å². The first-order valence-corrected chi connectivity index (χ1v) is 4.27. The van der Waals surface area contributed by atoms with Crippen molar-refractivity contribution >= 4 is 0 Å². The zero-order valence-corrected chi connectivity index (χ0v) is 6.31. The van der Waals surface area contributed by atoms with Gasteiger partial charge in [-0.25, -0.2) is 0 Å². The van der Waals surface area contributed by atoms with Crippen LogP contribution in [0, 0.1) is 5.92 Å². The van der Waals surface area contributed by atoms with Crippen molar-refractivity contribution in [1.82, 2.24) is 5.32 Å². The minimum atomic E-state index is 0.525. The molecule has 3 aliphatic rings. The van der Waals surface area contributed by atoms with Gasteiger partial charge in [0.25, 0.3) is 0 Å². The van der Waals surface area contributed by atoms with E-state index in [2.05, 4.69) is 5.32 Å². The molecule has 3 aliphatic heterocycles. The lowest BCUT2D eigenvalue weighted by molar-refractivity contribution is -0.0257. The third-order valence-corrected chi connectivity index (χ3v) is 2.57. The Bertz CT molecular complexity index is 88.3. The molecule has 0 spiro atoms. The molecule has 0 amide bonds. The van der Waals surface area contributed by atoms with Crippen LogP contribution in [-0.4, -0.2) is 25.8 Å².